The average molecular weight is 493 g/mol. The van der Waals surface area contributed by atoms with Crippen LogP contribution in [-0.4, -0.2) is 26.4 Å². The van der Waals surface area contributed by atoms with Crippen LogP contribution in [0.25, 0.3) is 0 Å². The molecule has 0 radical (unpaired) electrons. The van der Waals surface area contributed by atoms with Crippen LogP contribution >= 0.6 is 17.2 Å². The molecule has 0 aliphatic carbocycles. The summed E-state index contributed by atoms with van der Waals surface area (Å²) in [6.45, 7) is 10.4. The summed E-state index contributed by atoms with van der Waals surface area (Å²) < 4.78 is 19.7. The van der Waals surface area contributed by atoms with E-state index in [1.54, 1.807) is 0 Å². The summed E-state index contributed by atoms with van der Waals surface area (Å²) >= 11 is 0. The standard InChI is InChI=1S/2C8H18O3P.Pd/c2*1-3-5-7-10-12(9)11-8-6-4-2;/h2*3-8H2,1-2H3;/q2*-1;+2. The number of unbranched alkanes of at least 4 members (excludes halogenated alkanes) is 4. The predicted octanol–water partition coefficient (Wildman–Crippen LogP) is 4.41. The molecule has 0 aromatic carbocycles. The molecule has 0 saturated heterocycles. The van der Waals surface area contributed by atoms with Crippen molar-refractivity contribution >= 4 is 17.2 Å². The topological polar surface area (TPSA) is 83.0 Å². The van der Waals surface area contributed by atoms with E-state index < -0.39 is 17.2 Å². The van der Waals surface area contributed by atoms with Crippen molar-refractivity contribution in [1.29, 1.82) is 0 Å². The fourth-order valence-corrected chi connectivity index (χ4v) is 2.47. The summed E-state index contributed by atoms with van der Waals surface area (Å²) in [4.78, 5) is 21.8. The van der Waals surface area contributed by atoms with Crippen LogP contribution in [0.5, 0.6) is 0 Å². The van der Waals surface area contributed by atoms with Gasteiger partial charge >= 0.3 is 20.4 Å². The van der Waals surface area contributed by atoms with Crippen molar-refractivity contribution in [2.75, 3.05) is 26.4 Å². The van der Waals surface area contributed by atoms with E-state index in [0.717, 1.165) is 51.4 Å². The first-order chi connectivity index (χ1) is 11.6. The molecule has 0 spiro atoms. The zero-order valence-electron chi connectivity index (χ0n) is 16.1. The smallest absolute Gasteiger partial charge is 0.786 e. The Labute approximate surface area is 171 Å². The van der Waals surface area contributed by atoms with Crippen molar-refractivity contribution in [3.63, 3.8) is 0 Å². The number of hydrogen-bond donors (Lipinski definition) is 0. The molecule has 0 amide bonds. The molecule has 6 nitrogen and oxygen atoms in total. The maximum Gasteiger partial charge on any atom is 2.00 e. The molecule has 0 aromatic rings. The van der Waals surface area contributed by atoms with E-state index in [4.69, 9.17) is 18.1 Å². The third-order valence-electron chi connectivity index (χ3n) is 2.78. The minimum atomic E-state index is -1.85. The van der Waals surface area contributed by atoms with Gasteiger partial charge in [0.05, 0.1) is 43.6 Å². The van der Waals surface area contributed by atoms with Crippen LogP contribution in [0, 0.1) is 0 Å². The van der Waals surface area contributed by atoms with E-state index in [1.807, 2.05) is 0 Å². The summed E-state index contributed by atoms with van der Waals surface area (Å²) in [5.41, 5.74) is 0. The molecular formula is C16H36O6P2Pd. The Hall–Kier alpha value is 1.28. The van der Waals surface area contributed by atoms with Gasteiger partial charge in [0.15, 0.2) is 0 Å². The Morgan fingerprint density at radius 1 is 0.520 bits per heavy atom. The van der Waals surface area contributed by atoms with E-state index in [1.165, 1.54) is 0 Å². The molecule has 156 valence electrons. The van der Waals surface area contributed by atoms with Gasteiger partial charge < -0.3 is 27.9 Å². The largest absolute Gasteiger partial charge is 2.00 e. The van der Waals surface area contributed by atoms with Gasteiger partial charge in [-0.05, 0) is 25.7 Å². The van der Waals surface area contributed by atoms with Crippen LogP contribution < -0.4 is 9.79 Å². The zero-order chi connectivity index (χ0) is 18.5. The number of rotatable bonds is 16. The quantitative estimate of drug-likeness (QED) is 0.180. The van der Waals surface area contributed by atoms with Gasteiger partial charge in [-0.25, -0.2) is 0 Å². The second-order valence-corrected chi connectivity index (χ2v) is 7.12. The van der Waals surface area contributed by atoms with Crippen LogP contribution in [0.1, 0.15) is 79.1 Å². The van der Waals surface area contributed by atoms with E-state index in [0.29, 0.717) is 26.4 Å². The van der Waals surface area contributed by atoms with Crippen LogP contribution in [0.3, 0.4) is 0 Å². The van der Waals surface area contributed by atoms with Gasteiger partial charge in [0.1, 0.15) is 0 Å². The molecule has 0 unspecified atom stereocenters. The second kappa shape index (κ2) is 27.5. The van der Waals surface area contributed by atoms with Gasteiger partial charge in [-0.3, -0.25) is 0 Å². The monoisotopic (exact) mass is 492 g/mol. The van der Waals surface area contributed by atoms with E-state index >= 15 is 0 Å². The molecule has 0 aromatic heterocycles. The third kappa shape index (κ3) is 30.3. The fraction of sp³-hybridized carbons (Fsp3) is 1.00. The molecule has 0 saturated carbocycles. The molecule has 25 heavy (non-hydrogen) atoms. The minimum absolute atomic E-state index is 0. The molecule has 9 heteroatoms. The first-order valence-electron chi connectivity index (χ1n) is 9.08. The Morgan fingerprint density at radius 2 is 0.720 bits per heavy atom. The van der Waals surface area contributed by atoms with Crippen molar-refractivity contribution in [2.45, 2.75) is 79.1 Å². The SMILES string of the molecule is CCCCOP([O-])OCCCC.CCCCOP([O-])OCCCC.[Pd+2]. The van der Waals surface area contributed by atoms with Crippen LogP contribution in [0.2, 0.25) is 0 Å². The molecule has 0 bridgehead atoms. The summed E-state index contributed by atoms with van der Waals surface area (Å²) in [7, 11) is -3.71. The normalized spacial score (nSPS) is 10.6. The molecule has 0 heterocycles. The molecule has 0 fully saturated rings. The van der Waals surface area contributed by atoms with Gasteiger partial charge in [-0.1, -0.05) is 53.4 Å². The molecule has 0 aliphatic heterocycles. The van der Waals surface area contributed by atoms with Crippen molar-refractivity contribution < 1.29 is 48.3 Å². The van der Waals surface area contributed by atoms with Crippen molar-refractivity contribution in [3.05, 3.63) is 0 Å². The Kier molecular flexibility index (Phi) is 34.1. The zero-order valence-corrected chi connectivity index (χ0v) is 19.5. The minimum Gasteiger partial charge on any atom is -0.786 e. The van der Waals surface area contributed by atoms with Gasteiger partial charge in [0.25, 0.3) is 0 Å². The first-order valence-corrected chi connectivity index (χ1v) is 11.3. The van der Waals surface area contributed by atoms with Crippen molar-refractivity contribution in [1.82, 2.24) is 0 Å². The first kappa shape index (κ1) is 31.0. The maximum absolute atomic E-state index is 10.9. The summed E-state index contributed by atoms with van der Waals surface area (Å²) in [5.74, 6) is 0. The van der Waals surface area contributed by atoms with E-state index in [2.05, 4.69) is 27.7 Å². The van der Waals surface area contributed by atoms with E-state index in [-0.39, 0.29) is 20.4 Å². The predicted molar refractivity (Wildman–Crippen MR) is 97.3 cm³/mol. The van der Waals surface area contributed by atoms with E-state index in [9.17, 15) is 9.79 Å². The molecule has 0 N–H and O–H groups in total. The van der Waals surface area contributed by atoms with Crippen LogP contribution in [0.4, 0.5) is 0 Å². The average Bonchev–Trinajstić information content (AvgIpc) is 2.56. The molecule has 0 aliphatic rings. The fourth-order valence-electron chi connectivity index (χ4n) is 1.21. The van der Waals surface area contributed by atoms with Gasteiger partial charge in [0, 0.05) is 0 Å². The summed E-state index contributed by atoms with van der Waals surface area (Å²) in [6, 6.07) is 0. The molecule has 0 atom stereocenters. The Morgan fingerprint density at radius 3 is 0.880 bits per heavy atom. The molecule has 0 rings (SSSR count). The summed E-state index contributed by atoms with van der Waals surface area (Å²) in [6.07, 6.45) is 7.99. The van der Waals surface area contributed by atoms with Gasteiger partial charge in [-0.2, -0.15) is 0 Å². The van der Waals surface area contributed by atoms with Crippen LogP contribution in [-0.2, 0) is 38.5 Å². The summed E-state index contributed by atoms with van der Waals surface area (Å²) in [5, 5.41) is 0. The van der Waals surface area contributed by atoms with Crippen molar-refractivity contribution in [2.24, 2.45) is 0 Å². The molecular weight excluding hydrogens is 457 g/mol. The van der Waals surface area contributed by atoms with Crippen LogP contribution in [0.15, 0.2) is 0 Å². The number of hydrogen-bond acceptors (Lipinski definition) is 6. The Balaban J connectivity index is -0.000000372. The Bertz CT molecular complexity index is 189. The third-order valence-corrected chi connectivity index (χ3v) is 4.35. The van der Waals surface area contributed by atoms with Gasteiger partial charge in [0.2, 0.25) is 0 Å². The van der Waals surface area contributed by atoms with Crippen molar-refractivity contribution in [3.8, 4) is 0 Å². The van der Waals surface area contributed by atoms with Gasteiger partial charge in [-0.15, -0.1) is 0 Å². The maximum atomic E-state index is 10.9. The second-order valence-electron chi connectivity index (χ2n) is 5.19.